The highest BCUT2D eigenvalue weighted by atomic mass is 14.9. The van der Waals surface area contributed by atoms with E-state index in [1.165, 1.54) is 37.3 Å². The van der Waals surface area contributed by atoms with E-state index in [1.54, 1.807) is 0 Å². The van der Waals surface area contributed by atoms with E-state index in [9.17, 15) is 0 Å². The fourth-order valence-electron chi connectivity index (χ4n) is 2.35. The smallest absolute Gasteiger partial charge is 0.109 e. The van der Waals surface area contributed by atoms with Crippen LogP contribution in [0.15, 0.2) is 0 Å². The Labute approximate surface area is 98.1 Å². The number of aromatic amines is 1. The quantitative estimate of drug-likeness (QED) is 0.822. The lowest BCUT2D eigenvalue weighted by Crippen LogP contribution is -2.28. The van der Waals surface area contributed by atoms with Gasteiger partial charge in [0.1, 0.15) is 5.82 Å². The number of rotatable bonds is 3. The first-order chi connectivity index (χ1) is 7.66. The zero-order valence-corrected chi connectivity index (χ0v) is 10.6. The number of aromatic nitrogens is 2. The Morgan fingerprint density at radius 1 is 1.31 bits per heavy atom. The first kappa shape index (κ1) is 11.6. The lowest BCUT2D eigenvalue weighted by molar-refractivity contribution is 0.370. The molecule has 1 aliphatic heterocycles. The third-order valence-corrected chi connectivity index (χ3v) is 3.49. The van der Waals surface area contributed by atoms with Crippen LogP contribution in [-0.4, -0.2) is 23.1 Å². The number of hydrogen-bond donors (Lipinski definition) is 2. The van der Waals surface area contributed by atoms with Crippen LogP contribution in [0.5, 0.6) is 0 Å². The van der Waals surface area contributed by atoms with Crippen LogP contribution in [0.25, 0.3) is 0 Å². The first-order valence-electron chi connectivity index (χ1n) is 6.43. The molecule has 1 fully saturated rings. The van der Waals surface area contributed by atoms with Gasteiger partial charge in [-0.1, -0.05) is 13.8 Å². The van der Waals surface area contributed by atoms with Gasteiger partial charge in [0.15, 0.2) is 0 Å². The summed E-state index contributed by atoms with van der Waals surface area (Å²) < 4.78 is 0. The number of nitrogens with zero attached hydrogens (tertiary/aromatic N) is 1. The van der Waals surface area contributed by atoms with E-state index in [2.05, 4.69) is 31.1 Å². The van der Waals surface area contributed by atoms with Crippen molar-refractivity contribution in [3.8, 4) is 0 Å². The second-order valence-corrected chi connectivity index (χ2v) is 5.25. The van der Waals surface area contributed by atoms with Crippen molar-refractivity contribution in [1.29, 1.82) is 0 Å². The molecule has 0 aliphatic carbocycles. The highest BCUT2D eigenvalue weighted by Crippen LogP contribution is 2.20. The largest absolute Gasteiger partial charge is 0.346 e. The van der Waals surface area contributed by atoms with Gasteiger partial charge in [0.05, 0.1) is 5.69 Å². The monoisotopic (exact) mass is 221 g/mol. The van der Waals surface area contributed by atoms with Crippen molar-refractivity contribution in [2.45, 2.75) is 46.0 Å². The normalized spacial score (nSPS) is 18.2. The summed E-state index contributed by atoms with van der Waals surface area (Å²) in [5, 5.41) is 3.41. The predicted molar refractivity (Wildman–Crippen MR) is 66.7 cm³/mol. The molecule has 0 atom stereocenters. The molecule has 1 aromatic rings. The standard InChI is InChI=1S/C13H23N3/c1-9(2)13-15-10(3)12(16-13)8-11-4-6-14-7-5-11/h9,11,14H,4-8H2,1-3H3,(H,15,16). The summed E-state index contributed by atoms with van der Waals surface area (Å²) in [7, 11) is 0. The van der Waals surface area contributed by atoms with Crippen molar-refractivity contribution >= 4 is 0 Å². The molecule has 0 spiro atoms. The van der Waals surface area contributed by atoms with Gasteiger partial charge < -0.3 is 10.3 Å². The van der Waals surface area contributed by atoms with Crippen molar-refractivity contribution in [3.05, 3.63) is 17.2 Å². The predicted octanol–water partition coefficient (Wildman–Crippen LogP) is 2.38. The molecule has 0 bridgehead atoms. The van der Waals surface area contributed by atoms with E-state index in [4.69, 9.17) is 4.98 Å². The van der Waals surface area contributed by atoms with E-state index < -0.39 is 0 Å². The number of piperidine rings is 1. The molecule has 0 aromatic carbocycles. The average molecular weight is 221 g/mol. The molecule has 2 rings (SSSR count). The van der Waals surface area contributed by atoms with Gasteiger partial charge in [0.25, 0.3) is 0 Å². The Kier molecular flexibility index (Phi) is 3.64. The summed E-state index contributed by atoms with van der Waals surface area (Å²) in [6.45, 7) is 8.87. The molecule has 3 nitrogen and oxygen atoms in total. The Hall–Kier alpha value is -0.830. The minimum Gasteiger partial charge on any atom is -0.346 e. The van der Waals surface area contributed by atoms with Crippen LogP contribution in [0.4, 0.5) is 0 Å². The van der Waals surface area contributed by atoms with Crippen LogP contribution in [0.1, 0.15) is 49.8 Å². The molecule has 0 unspecified atom stereocenters. The maximum Gasteiger partial charge on any atom is 0.109 e. The first-order valence-corrected chi connectivity index (χ1v) is 6.43. The molecule has 2 N–H and O–H groups in total. The van der Waals surface area contributed by atoms with Crippen molar-refractivity contribution in [2.24, 2.45) is 5.92 Å². The summed E-state index contributed by atoms with van der Waals surface area (Å²) in [4.78, 5) is 8.13. The van der Waals surface area contributed by atoms with E-state index in [0.717, 1.165) is 18.2 Å². The third kappa shape index (κ3) is 2.64. The maximum atomic E-state index is 4.73. The van der Waals surface area contributed by atoms with Gasteiger partial charge >= 0.3 is 0 Å². The lowest BCUT2D eigenvalue weighted by Gasteiger charge is -2.21. The van der Waals surface area contributed by atoms with Crippen LogP contribution in [0.2, 0.25) is 0 Å². The summed E-state index contributed by atoms with van der Waals surface area (Å²) >= 11 is 0. The zero-order chi connectivity index (χ0) is 11.5. The second-order valence-electron chi connectivity index (χ2n) is 5.25. The Morgan fingerprint density at radius 3 is 2.56 bits per heavy atom. The highest BCUT2D eigenvalue weighted by molar-refractivity contribution is 5.15. The SMILES string of the molecule is Cc1[nH]c(C(C)C)nc1CC1CCNCC1. The fraction of sp³-hybridized carbons (Fsp3) is 0.769. The van der Waals surface area contributed by atoms with E-state index in [0.29, 0.717) is 5.92 Å². The maximum absolute atomic E-state index is 4.73. The number of aryl methyl sites for hydroxylation is 1. The van der Waals surface area contributed by atoms with Crippen molar-refractivity contribution < 1.29 is 0 Å². The van der Waals surface area contributed by atoms with Crippen molar-refractivity contribution in [1.82, 2.24) is 15.3 Å². The Bertz CT molecular complexity index is 335. The highest BCUT2D eigenvalue weighted by Gasteiger charge is 2.17. The number of hydrogen-bond acceptors (Lipinski definition) is 2. The van der Waals surface area contributed by atoms with Gasteiger partial charge in [-0.2, -0.15) is 0 Å². The van der Waals surface area contributed by atoms with Crippen molar-refractivity contribution in [2.75, 3.05) is 13.1 Å². The molecule has 1 saturated heterocycles. The second kappa shape index (κ2) is 5.00. The van der Waals surface area contributed by atoms with E-state index >= 15 is 0 Å². The molecule has 3 heteroatoms. The number of imidazole rings is 1. The molecular formula is C13H23N3. The zero-order valence-electron chi connectivity index (χ0n) is 10.6. The summed E-state index contributed by atoms with van der Waals surface area (Å²) in [5.41, 5.74) is 2.55. The van der Waals surface area contributed by atoms with Gasteiger partial charge in [-0.15, -0.1) is 0 Å². The molecule has 2 heterocycles. The van der Waals surface area contributed by atoms with Gasteiger partial charge in [-0.25, -0.2) is 4.98 Å². The summed E-state index contributed by atoms with van der Waals surface area (Å²) in [6.07, 6.45) is 3.74. The third-order valence-electron chi connectivity index (χ3n) is 3.49. The molecule has 0 amide bonds. The summed E-state index contributed by atoms with van der Waals surface area (Å²) in [5.74, 6) is 2.46. The van der Waals surface area contributed by atoms with Crippen LogP contribution < -0.4 is 5.32 Å². The molecule has 1 aromatic heterocycles. The van der Waals surface area contributed by atoms with Gasteiger partial charge in [0.2, 0.25) is 0 Å². The fourth-order valence-corrected chi connectivity index (χ4v) is 2.35. The van der Waals surface area contributed by atoms with Crippen LogP contribution in [-0.2, 0) is 6.42 Å². The van der Waals surface area contributed by atoms with E-state index in [-0.39, 0.29) is 0 Å². The minimum absolute atomic E-state index is 0.500. The topological polar surface area (TPSA) is 40.7 Å². The summed E-state index contributed by atoms with van der Waals surface area (Å²) in [6, 6.07) is 0. The molecular weight excluding hydrogens is 198 g/mol. The molecule has 1 aliphatic rings. The average Bonchev–Trinajstić information content (AvgIpc) is 2.62. The lowest BCUT2D eigenvalue weighted by atomic mass is 9.93. The minimum atomic E-state index is 0.500. The van der Waals surface area contributed by atoms with Gasteiger partial charge in [0, 0.05) is 11.6 Å². The van der Waals surface area contributed by atoms with Gasteiger partial charge in [-0.05, 0) is 45.2 Å². The Balaban J connectivity index is 2.02. The molecule has 90 valence electrons. The van der Waals surface area contributed by atoms with Crippen LogP contribution in [0.3, 0.4) is 0 Å². The van der Waals surface area contributed by atoms with Crippen LogP contribution >= 0.6 is 0 Å². The molecule has 0 radical (unpaired) electrons. The number of H-pyrrole nitrogens is 1. The van der Waals surface area contributed by atoms with Gasteiger partial charge in [-0.3, -0.25) is 0 Å². The number of nitrogens with one attached hydrogen (secondary N) is 2. The van der Waals surface area contributed by atoms with E-state index in [1.807, 2.05) is 0 Å². The Morgan fingerprint density at radius 2 is 2.00 bits per heavy atom. The molecule has 16 heavy (non-hydrogen) atoms. The van der Waals surface area contributed by atoms with Crippen molar-refractivity contribution in [3.63, 3.8) is 0 Å². The van der Waals surface area contributed by atoms with Crippen LogP contribution in [0, 0.1) is 12.8 Å². The molecule has 0 saturated carbocycles.